The number of nitrogens with zero attached hydrogens (tertiary/aromatic N) is 7. The number of imidazole rings is 1. The van der Waals surface area contributed by atoms with Gasteiger partial charge in [-0.25, -0.2) is 15.0 Å². The molecule has 2 fully saturated rings. The van der Waals surface area contributed by atoms with E-state index in [1.54, 1.807) is 0 Å². The van der Waals surface area contributed by atoms with Crippen LogP contribution in [0.5, 0.6) is 0 Å². The van der Waals surface area contributed by atoms with Gasteiger partial charge in [-0.15, -0.1) is 0 Å². The Morgan fingerprint density at radius 1 is 1.07 bits per heavy atom. The van der Waals surface area contributed by atoms with Crippen molar-refractivity contribution < 1.29 is 0 Å². The maximum Gasteiger partial charge on any atom is 0.225 e. The molecular weight excluding hydrogens is 338 g/mol. The predicted molar refractivity (Wildman–Crippen MR) is 104 cm³/mol. The van der Waals surface area contributed by atoms with Gasteiger partial charge in [-0.3, -0.25) is 9.80 Å². The van der Waals surface area contributed by atoms with Crippen molar-refractivity contribution in [2.75, 3.05) is 37.6 Å². The van der Waals surface area contributed by atoms with Crippen molar-refractivity contribution in [2.24, 2.45) is 7.05 Å². The molecule has 1 saturated heterocycles. The zero-order valence-electron chi connectivity index (χ0n) is 16.2. The SMILES string of the molecule is Cn1ccnc1CN1CCc2nc(N3CCN(C4CCC4)CC3)ncc2C1. The number of piperazine rings is 1. The van der Waals surface area contributed by atoms with Gasteiger partial charge in [-0.1, -0.05) is 6.42 Å². The molecular formula is C20H29N7. The lowest BCUT2D eigenvalue weighted by molar-refractivity contribution is 0.120. The average Bonchev–Trinajstić information content (AvgIpc) is 3.05. The zero-order valence-corrected chi connectivity index (χ0v) is 16.2. The molecule has 5 rings (SSSR count). The molecule has 0 spiro atoms. The molecule has 0 bridgehead atoms. The molecule has 0 amide bonds. The van der Waals surface area contributed by atoms with Gasteiger partial charge in [0.2, 0.25) is 5.95 Å². The molecule has 0 radical (unpaired) electrons. The van der Waals surface area contributed by atoms with Crippen LogP contribution in [-0.4, -0.2) is 68.1 Å². The van der Waals surface area contributed by atoms with E-state index < -0.39 is 0 Å². The molecule has 7 heteroatoms. The first-order valence-corrected chi connectivity index (χ1v) is 10.3. The molecule has 144 valence electrons. The Morgan fingerprint density at radius 2 is 1.93 bits per heavy atom. The van der Waals surface area contributed by atoms with Gasteiger partial charge in [-0.2, -0.15) is 0 Å². The first-order valence-electron chi connectivity index (χ1n) is 10.3. The molecule has 4 heterocycles. The summed E-state index contributed by atoms with van der Waals surface area (Å²) in [5, 5.41) is 0. The first-order chi connectivity index (χ1) is 13.3. The number of aromatic nitrogens is 4. The van der Waals surface area contributed by atoms with Crippen LogP contribution in [0.3, 0.4) is 0 Å². The number of fused-ring (bicyclic) bond motifs is 1. The standard InChI is InChI=1S/C20H29N7/c1-24-8-6-21-19(24)15-25-7-5-18-16(14-25)13-22-20(23-18)27-11-9-26(10-12-27)17-3-2-4-17/h6,8,13,17H,2-5,7,9-12,14-15H2,1H3. The van der Waals surface area contributed by atoms with Crippen LogP contribution in [0.2, 0.25) is 0 Å². The van der Waals surface area contributed by atoms with Crippen LogP contribution in [0.15, 0.2) is 18.6 Å². The third-order valence-electron chi connectivity index (χ3n) is 6.47. The highest BCUT2D eigenvalue weighted by Gasteiger charge is 2.29. The molecule has 7 nitrogen and oxygen atoms in total. The lowest BCUT2D eigenvalue weighted by Gasteiger charge is -2.43. The fraction of sp³-hybridized carbons (Fsp3) is 0.650. The Kier molecular flexibility index (Phi) is 4.57. The van der Waals surface area contributed by atoms with E-state index in [1.807, 2.05) is 12.4 Å². The van der Waals surface area contributed by atoms with Crippen LogP contribution in [0.25, 0.3) is 0 Å². The molecule has 27 heavy (non-hydrogen) atoms. The van der Waals surface area contributed by atoms with Gasteiger partial charge in [0, 0.05) is 82.9 Å². The van der Waals surface area contributed by atoms with E-state index >= 15 is 0 Å². The highest BCUT2D eigenvalue weighted by molar-refractivity contribution is 5.35. The molecule has 2 aromatic rings. The van der Waals surface area contributed by atoms with Gasteiger partial charge >= 0.3 is 0 Å². The maximum atomic E-state index is 4.94. The van der Waals surface area contributed by atoms with Crippen molar-refractivity contribution in [3.8, 4) is 0 Å². The summed E-state index contributed by atoms with van der Waals surface area (Å²) in [7, 11) is 2.06. The number of aryl methyl sites for hydroxylation is 1. The summed E-state index contributed by atoms with van der Waals surface area (Å²) in [5.74, 6) is 2.04. The first kappa shape index (κ1) is 17.1. The van der Waals surface area contributed by atoms with Gasteiger partial charge in [-0.05, 0) is 12.8 Å². The van der Waals surface area contributed by atoms with Crippen molar-refractivity contribution in [3.05, 3.63) is 35.7 Å². The van der Waals surface area contributed by atoms with Crippen molar-refractivity contribution >= 4 is 5.95 Å². The monoisotopic (exact) mass is 367 g/mol. The van der Waals surface area contributed by atoms with E-state index in [2.05, 4.69) is 37.5 Å². The molecule has 0 N–H and O–H groups in total. The van der Waals surface area contributed by atoms with Crippen molar-refractivity contribution in [2.45, 2.75) is 44.8 Å². The molecule has 1 saturated carbocycles. The van der Waals surface area contributed by atoms with E-state index in [0.717, 1.165) is 70.0 Å². The Labute approximate surface area is 161 Å². The number of hydrogen-bond acceptors (Lipinski definition) is 6. The average molecular weight is 368 g/mol. The van der Waals surface area contributed by atoms with Gasteiger partial charge in [0.25, 0.3) is 0 Å². The molecule has 0 unspecified atom stereocenters. The highest BCUT2D eigenvalue weighted by atomic mass is 15.3. The zero-order chi connectivity index (χ0) is 18.2. The van der Waals surface area contributed by atoms with E-state index in [1.165, 1.54) is 30.5 Å². The quantitative estimate of drug-likeness (QED) is 0.815. The van der Waals surface area contributed by atoms with Crippen LogP contribution in [0, 0.1) is 0 Å². The smallest absolute Gasteiger partial charge is 0.225 e. The van der Waals surface area contributed by atoms with Crippen LogP contribution >= 0.6 is 0 Å². The molecule has 2 aromatic heterocycles. The van der Waals surface area contributed by atoms with E-state index in [0.29, 0.717) is 0 Å². The number of anilines is 1. The molecule has 0 atom stereocenters. The summed E-state index contributed by atoms with van der Waals surface area (Å²) in [6.07, 6.45) is 11.1. The Morgan fingerprint density at radius 3 is 2.63 bits per heavy atom. The predicted octanol–water partition coefficient (Wildman–Crippen LogP) is 1.44. The highest BCUT2D eigenvalue weighted by Crippen LogP contribution is 2.26. The molecule has 2 aliphatic heterocycles. The van der Waals surface area contributed by atoms with Crippen LogP contribution in [-0.2, 0) is 26.6 Å². The van der Waals surface area contributed by atoms with E-state index in [-0.39, 0.29) is 0 Å². The number of hydrogen-bond donors (Lipinski definition) is 0. The van der Waals surface area contributed by atoms with Gasteiger partial charge in [0.1, 0.15) is 5.82 Å². The van der Waals surface area contributed by atoms with Crippen molar-refractivity contribution in [1.82, 2.24) is 29.3 Å². The van der Waals surface area contributed by atoms with Gasteiger partial charge < -0.3 is 9.47 Å². The summed E-state index contributed by atoms with van der Waals surface area (Å²) in [5.41, 5.74) is 2.50. The minimum absolute atomic E-state index is 0.848. The summed E-state index contributed by atoms with van der Waals surface area (Å²) in [6.45, 7) is 7.25. The normalized spacial score (nSPS) is 21.9. The molecule has 1 aliphatic carbocycles. The van der Waals surface area contributed by atoms with Crippen molar-refractivity contribution in [3.63, 3.8) is 0 Å². The minimum Gasteiger partial charge on any atom is -0.338 e. The topological polar surface area (TPSA) is 53.3 Å². The van der Waals surface area contributed by atoms with Gasteiger partial charge in [0.05, 0.1) is 12.2 Å². The maximum absolute atomic E-state index is 4.94. The largest absolute Gasteiger partial charge is 0.338 e. The second kappa shape index (κ2) is 7.20. The molecule has 3 aliphatic rings. The lowest BCUT2D eigenvalue weighted by atomic mass is 9.91. The van der Waals surface area contributed by atoms with E-state index in [9.17, 15) is 0 Å². The third kappa shape index (κ3) is 3.46. The minimum atomic E-state index is 0.848. The summed E-state index contributed by atoms with van der Waals surface area (Å²) in [6, 6.07) is 0.848. The van der Waals surface area contributed by atoms with Gasteiger partial charge in [0.15, 0.2) is 0 Å². The van der Waals surface area contributed by atoms with Crippen molar-refractivity contribution in [1.29, 1.82) is 0 Å². The Balaban J connectivity index is 1.22. The number of rotatable bonds is 4. The van der Waals surface area contributed by atoms with Crippen LogP contribution in [0.4, 0.5) is 5.95 Å². The summed E-state index contributed by atoms with van der Waals surface area (Å²) >= 11 is 0. The van der Waals surface area contributed by atoms with Crippen LogP contribution in [0.1, 0.15) is 36.3 Å². The lowest BCUT2D eigenvalue weighted by Crippen LogP contribution is -2.52. The summed E-state index contributed by atoms with van der Waals surface area (Å²) < 4.78 is 2.10. The summed E-state index contributed by atoms with van der Waals surface area (Å²) in [4.78, 5) is 21.6. The third-order valence-corrected chi connectivity index (χ3v) is 6.47. The second-order valence-electron chi connectivity index (χ2n) is 8.16. The second-order valence-corrected chi connectivity index (χ2v) is 8.16. The molecule has 0 aromatic carbocycles. The van der Waals surface area contributed by atoms with E-state index in [4.69, 9.17) is 9.97 Å². The Bertz CT molecular complexity index is 789. The van der Waals surface area contributed by atoms with Crippen LogP contribution < -0.4 is 4.90 Å². The fourth-order valence-corrected chi connectivity index (χ4v) is 4.44. The fourth-order valence-electron chi connectivity index (χ4n) is 4.44. The Hall–Kier alpha value is -1.99.